The highest BCUT2D eigenvalue weighted by atomic mass is 32.2. The number of hydrogen-bond acceptors (Lipinski definition) is 6. The summed E-state index contributed by atoms with van der Waals surface area (Å²) in [7, 11) is 0. The van der Waals surface area contributed by atoms with Crippen LogP contribution in [-0.4, -0.2) is 21.2 Å². The van der Waals surface area contributed by atoms with E-state index in [0.717, 1.165) is 40.7 Å². The van der Waals surface area contributed by atoms with Crippen molar-refractivity contribution < 1.29 is 9.21 Å². The van der Waals surface area contributed by atoms with Gasteiger partial charge in [0.1, 0.15) is 10.6 Å². The van der Waals surface area contributed by atoms with E-state index in [1.54, 1.807) is 28.2 Å². The highest BCUT2D eigenvalue weighted by Gasteiger charge is 2.25. The number of rotatable bonds is 6. The smallest absolute Gasteiger partial charge is 0.267 e. The Morgan fingerprint density at radius 1 is 1.28 bits per heavy atom. The van der Waals surface area contributed by atoms with E-state index in [9.17, 15) is 9.59 Å². The average molecular weight is 466 g/mol. The molecule has 3 heterocycles. The van der Waals surface area contributed by atoms with Crippen LogP contribution in [-0.2, 0) is 24.2 Å². The van der Waals surface area contributed by atoms with E-state index < -0.39 is 0 Å². The van der Waals surface area contributed by atoms with Gasteiger partial charge in [0.15, 0.2) is 5.16 Å². The van der Waals surface area contributed by atoms with Crippen LogP contribution in [0.3, 0.4) is 0 Å². The SMILES string of the molecule is C[C@@H]1CCc2c(sc3nc(SCC(=O)NCc4ccco4)n(-c4ccccc4)c(=O)c23)C1. The first-order valence-electron chi connectivity index (χ1n) is 10.6. The van der Waals surface area contributed by atoms with Crippen molar-refractivity contribution in [3.05, 3.63) is 75.3 Å². The molecule has 1 amide bonds. The zero-order valence-corrected chi connectivity index (χ0v) is 19.3. The molecule has 164 valence electrons. The van der Waals surface area contributed by atoms with Crippen molar-refractivity contribution in [2.45, 2.75) is 37.9 Å². The number of nitrogens with zero attached hydrogens (tertiary/aromatic N) is 2. The molecule has 1 aliphatic carbocycles. The summed E-state index contributed by atoms with van der Waals surface area (Å²) in [5.74, 6) is 1.34. The molecule has 8 heteroatoms. The van der Waals surface area contributed by atoms with Gasteiger partial charge in [0.25, 0.3) is 5.56 Å². The van der Waals surface area contributed by atoms with Crippen LogP contribution in [0, 0.1) is 5.92 Å². The molecule has 6 nitrogen and oxygen atoms in total. The Morgan fingerprint density at radius 3 is 2.91 bits per heavy atom. The Hall–Kier alpha value is -2.84. The number of aryl methyl sites for hydroxylation is 1. The number of carbonyl (C=O) groups excluding carboxylic acids is 1. The van der Waals surface area contributed by atoms with E-state index in [4.69, 9.17) is 9.40 Å². The van der Waals surface area contributed by atoms with E-state index in [0.29, 0.717) is 23.4 Å². The third kappa shape index (κ3) is 4.12. The highest BCUT2D eigenvalue weighted by molar-refractivity contribution is 7.99. The van der Waals surface area contributed by atoms with Crippen molar-refractivity contribution in [2.75, 3.05) is 5.75 Å². The number of fused-ring (bicyclic) bond motifs is 3. The lowest BCUT2D eigenvalue weighted by Gasteiger charge is -2.17. The third-order valence-electron chi connectivity index (χ3n) is 5.69. The van der Waals surface area contributed by atoms with Crippen LogP contribution < -0.4 is 10.9 Å². The molecule has 0 aliphatic heterocycles. The largest absolute Gasteiger partial charge is 0.467 e. The number of thioether (sulfide) groups is 1. The van der Waals surface area contributed by atoms with Gasteiger partial charge in [0.2, 0.25) is 5.91 Å². The van der Waals surface area contributed by atoms with Gasteiger partial charge < -0.3 is 9.73 Å². The number of para-hydroxylation sites is 1. The van der Waals surface area contributed by atoms with E-state index >= 15 is 0 Å². The molecule has 0 saturated carbocycles. The van der Waals surface area contributed by atoms with Crippen molar-refractivity contribution in [1.29, 1.82) is 0 Å². The molecule has 0 fully saturated rings. The number of nitrogens with one attached hydrogen (secondary N) is 1. The lowest BCUT2D eigenvalue weighted by molar-refractivity contribution is -0.118. The number of hydrogen-bond donors (Lipinski definition) is 1. The predicted molar refractivity (Wildman–Crippen MR) is 128 cm³/mol. The molecule has 0 spiro atoms. The van der Waals surface area contributed by atoms with Gasteiger partial charge in [0.05, 0.1) is 29.6 Å². The van der Waals surface area contributed by atoms with Crippen LogP contribution in [0.15, 0.2) is 63.1 Å². The lowest BCUT2D eigenvalue weighted by atomic mass is 9.89. The fourth-order valence-corrected chi connectivity index (χ4v) is 6.32. The third-order valence-corrected chi connectivity index (χ3v) is 7.77. The minimum absolute atomic E-state index is 0.0493. The normalized spacial score (nSPS) is 15.6. The van der Waals surface area contributed by atoms with E-state index in [-0.39, 0.29) is 17.2 Å². The van der Waals surface area contributed by atoms with Crippen LogP contribution in [0.1, 0.15) is 29.5 Å². The maximum atomic E-state index is 13.7. The standard InChI is InChI=1S/C24H23N3O3S2/c1-15-9-10-18-19(12-15)32-22-21(18)23(29)27(16-6-3-2-4-7-16)24(26-22)31-14-20(28)25-13-17-8-5-11-30-17/h2-8,11,15H,9-10,12-14H2,1H3,(H,25,28)/t15-/m1/s1. The van der Waals surface area contributed by atoms with E-state index in [2.05, 4.69) is 12.2 Å². The topological polar surface area (TPSA) is 77.1 Å². The molecule has 4 aromatic rings. The van der Waals surface area contributed by atoms with Crippen LogP contribution in [0.4, 0.5) is 0 Å². The first kappa shape index (κ1) is 21.0. The van der Waals surface area contributed by atoms with Crippen LogP contribution >= 0.6 is 23.1 Å². The Labute approximate surface area is 193 Å². The van der Waals surface area contributed by atoms with E-state index in [1.165, 1.54) is 16.6 Å². The van der Waals surface area contributed by atoms with Gasteiger partial charge in [-0.05, 0) is 55.0 Å². The minimum Gasteiger partial charge on any atom is -0.467 e. The fraction of sp³-hybridized carbons (Fsp3) is 0.292. The molecule has 0 radical (unpaired) electrons. The second-order valence-corrected chi connectivity index (χ2v) is 10.1. The maximum Gasteiger partial charge on any atom is 0.267 e. The highest BCUT2D eigenvalue weighted by Crippen LogP contribution is 2.37. The molecule has 0 unspecified atom stereocenters. The molecule has 32 heavy (non-hydrogen) atoms. The minimum atomic E-state index is -0.139. The van der Waals surface area contributed by atoms with E-state index in [1.807, 2.05) is 36.4 Å². The summed E-state index contributed by atoms with van der Waals surface area (Å²) in [5.41, 5.74) is 1.87. The summed E-state index contributed by atoms with van der Waals surface area (Å²) < 4.78 is 6.91. The molecule has 5 rings (SSSR count). The molecular weight excluding hydrogens is 442 g/mol. The van der Waals surface area contributed by atoms with Crippen molar-refractivity contribution >= 4 is 39.2 Å². The Bertz CT molecular complexity index is 1310. The summed E-state index contributed by atoms with van der Waals surface area (Å²) in [6.45, 7) is 2.59. The molecule has 1 aliphatic rings. The number of furan rings is 1. The van der Waals surface area contributed by atoms with Gasteiger partial charge in [-0.15, -0.1) is 11.3 Å². The number of aromatic nitrogens is 2. The van der Waals surface area contributed by atoms with Crippen LogP contribution in [0.2, 0.25) is 0 Å². The van der Waals surface area contributed by atoms with Gasteiger partial charge in [-0.1, -0.05) is 36.9 Å². The number of amides is 1. The summed E-state index contributed by atoms with van der Waals surface area (Å²) in [6.07, 6.45) is 4.59. The Kier molecular flexibility index (Phi) is 5.89. The van der Waals surface area contributed by atoms with Crippen molar-refractivity contribution in [1.82, 2.24) is 14.9 Å². The second kappa shape index (κ2) is 8.96. The molecule has 0 saturated heterocycles. The summed E-state index contributed by atoms with van der Waals surface area (Å²) in [6, 6.07) is 13.1. The molecule has 0 bridgehead atoms. The first-order valence-corrected chi connectivity index (χ1v) is 12.4. The van der Waals surface area contributed by atoms with Gasteiger partial charge in [-0.3, -0.25) is 14.2 Å². The zero-order chi connectivity index (χ0) is 22.1. The first-order chi connectivity index (χ1) is 15.6. The van der Waals surface area contributed by atoms with Gasteiger partial charge in [0, 0.05) is 4.88 Å². The van der Waals surface area contributed by atoms with Gasteiger partial charge >= 0.3 is 0 Å². The summed E-state index contributed by atoms with van der Waals surface area (Å²) >= 11 is 2.91. The lowest BCUT2D eigenvalue weighted by Crippen LogP contribution is -2.26. The van der Waals surface area contributed by atoms with Crippen molar-refractivity contribution in [3.8, 4) is 5.69 Å². The molecule has 1 N–H and O–H groups in total. The average Bonchev–Trinajstić information content (AvgIpc) is 3.44. The number of benzene rings is 1. The van der Waals surface area contributed by atoms with Crippen LogP contribution in [0.25, 0.3) is 15.9 Å². The number of thiophene rings is 1. The van der Waals surface area contributed by atoms with Crippen molar-refractivity contribution in [2.24, 2.45) is 5.92 Å². The zero-order valence-electron chi connectivity index (χ0n) is 17.7. The van der Waals surface area contributed by atoms with Gasteiger partial charge in [-0.2, -0.15) is 0 Å². The second-order valence-electron chi connectivity index (χ2n) is 8.05. The maximum absolute atomic E-state index is 13.7. The fourth-order valence-electron chi connectivity index (χ4n) is 4.05. The monoisotopic (exact) mass is 465 g/mol. The molecule has 1 atom stereocenters. The number of carbonyl (C=O) groups is 1. The van der Waals surface area contributed by atoms with Crippen molar-refractivity contribution in [3.63, 3.8) is 0 Å². The van der Waals surface area contributed by atoms with Gasteiger partial charge in [-0.25, -0.2) is 4.98 Å². The Morgan fingerprint density at radius 2 is 2.12 bits per heavy atom. The summed E-state index contributed by atoms with van der Waals surface area (Å²) in [4.78, 5) is 33.0. The van der Waals surface area contributed by atoms with Crippen LogP contribution in [0.5, 0.6) is 0 Å². The molecule has 3 aromatic heterocycles. The quantitative estimate of drug-likeness (QED) is 0.333. The predicted octanol–water partition coefficient (Wildman–Crippen LogP) is 4.57. The Balaban J connectivity index is 1.49. The summed E-state index contributed by atoms with van der Waals surface area (Å²) in [5, 5.41) is 4.12. The molecule has 1 aromatic carbocycles. The molecular formula is C24H23N3O3S2.